The molecule has 0 unspecified atom stereocenters. The Balaban J connectivity index is 0.00000180. The summed E-state index contributed by atoms with van der Waals surface area (Å²) in [4.78, 5) is 7.80. The molecule has 0 amide bonds. The molecule has 0 saturated carbocycles. The van der Waals surface area contributed by atoms with Crippen molar-refractivity contribution in [2.24, 2.45) is 4.99 Å². The Hall–Kier alpha value is -1.05. The van der Waals surface area contributed by atoms with Gasteiger partial charge in [0.1, 0.15) is 10.1 Å². The molecule has 1 aromatic heterocycles. The van der Waals surface area contributed by atoms with Crippen LogP contribution in [0.25, 0.3) is 0 Å². The van der Waals surface area contributed by atoms with Gasteiger partial charge in [-0.3, -0.25) is 9.98 Å². The van der Waals surface area contributed by atoms with Crippen LogP contribution >= 0.6 is 0 Å². The Labute approximate surface area is 133 Å². The first-order valence-corrected chi connectivity index (χ1v) is 6.47. The van der Waals surface area contributed by atoms with Crippen molar-refractivity contribution in [3.63, 3.8) is 0 Å². The molecule has 0 aliphatic rings. The van der Waals surface area contributed by atoms with E-state index in [-0.39, 0.29) is 34.5 Å². The summed E-state index contributed by atoms with van der Waals surface area (Å²) in [6, 6.07) is 10.9. The summed E-state index contributed by atoms with van der Waals surface area (Å²) in [6.45, 7) is 0. The smallest absolute Gasteiger partial charge is 0.744 e. The third kappa shape index (κ3) is 4.85. The van der Waals surface area contributed by atoms with Crippen LogP contribution in [0.5, 0.6) is 0 Å². The summed E-state index contributed by atoms with van der Waals surface area (Å²) in [6.07, 6.45) is 3.12. The predicted octanol–water partition coefficient (Wildman–Crippen LogP) is -1.26. The number of rotatable bonds is 3. The van der Waals surface area contributed by atoms with Gasteiger partial charge in [0.15, 0.2) is 0 Å². The van der Waals surface area contributed by atoms with Crippen LogP contribution in [0, 0.1) is 0 Å². The van der Waals surface area contributed by atoms with Gasteiger partial charge in [0.25, 0.3) is 0 Å². The van der Waals surface area contributed by atoms with Crippen molar-refractivity contribution < 1.29 is 42.5 Å². The first-order chi connectivity index (χ1) is 8.55. The van der Waals surface area contributed by atoms with Crippen LogP contribution in [-0.2, 0) is 10.1 Å². The Bertz CT molecular complexity index is 672. The summed E-state index contributed by atoms with van der Waals surface area (Å²) < 4.78 is 32.5. The van der Waals surface area contributed by atoms with Gasteiger partial charge >= 0.3 is 29.6 Å². The molecular weight excluding hydrogens is 275 g/mol. The van der Waals surface area contributed by atoms with Crippen LogP contribution in [-0.4, -0.2) is 24.2 Å². The Morgan fingerprint density at radius 1 is 1.16 bits per heavy atom. The molecule has 0 N–H and O–H groups in total. The molecule has 19 heavy (non-hydrogen) atoms. The van der Waals surface area contributed by atoms with Gasteiger partial charge in [0.2, 0.25) is 0 Å². The molecule has 0 aliphatic heterocycles. The minimum Gasteiger partial charge on any atom is -0.744 e. The molecule has 1 aromatic carbocycles. The monoisotopic (exact) mass is 284 g/mol. The second kappa shape index (κ2) is 6.93. The number of benzene rings is 1. The third-order valence-corrected chi connectivity index (χ3v) is 2.97. The van der Waals surface area contributed by atoms with Gasteiger partial charge in [0.05, 0.1) is 22.5 Å². The van der Waals surface area contributed by atoms with Crippen LogP contribution in [0.3, 0.4) is 0 Å². The summed E-state index contributed by atoms with van der Waals surface area (Å²) in [5.74, 6) is 0. The topological polar surface area (TPSA) is 82.5 Å². The molecule has 0 radical (unpaired) electrons. The standard InChI is InChI=1S/C12H10N2O3S.Na/c15-18(16,17)12-6-3-5-10(8-12)14-9-11-4-1-2-7-13-11;/h1-9H,(H,15,16,17);/q;+1/p-1. The zero-order chi connectivity index (χ0) is 13.0. The Kier molecular flexibility index (Phi) is 5.84. The molecular formula is C12H9N2NaO3S. The quantitative estimate of drug-likeness (QED) is 0.400. The first-order valence-electron chi connectivity index (χ1n) is 5.07. The van der Waals surface area contributed by atoms with Crippen LogP contribution in [0.4, 0.5) is 5.69 Å². The zero-order valence-electron chi connectivity index (χ0n) is 10.2. The molecule has 0 aliphatic carbocycles. The van der Waals surface area contributed by atoms with Gasteiger partial charge in [0, 0.05) is 6.20 Å². The fraction of sp³-hybridized carbons (Fsp3) is 0. The fourth-order valence-corrected chi connectivity index (χ4v) is 1.82. The molecule has 0 saturated heterocycles. The van der Waals surface area contributed by atoms with E-state index in [4.69, 9.17) is 0 Å². The average Bonchev–Trinajstić information content (AvgIpc) is 2.37. The molecule has 2 rings (SSSR count). The van der Waals surface area contributed by atoms with Gasteiger partial charge < -0.3 is 4.55 Å². The SMILES string of the molecule is O=S(=O)([O-])c1cccc(N=Cc2ccccn2)c1.[Na+]. The summed E-state index contributed by atoms with van der Waals surface area (Å²) in [5.41, 5.74) is 1.03. The molecule has 2 aromatic rings. The maximum Gasteiger partial charge on any atom is 1.00 e. The summed E-state index contributed by atoms with van der Waals surface area (Å²) >= 11 is 0. The van der Waals surface area contributed by atoms with Gasteiger partial charge in [-0.05, 0) is 30.3 Å². The van der Waals surface area contributed by atoms with Crippen LogP contribution in [0.1, 0.15) is 5.69 Å². The van der Waals surface area contributed by atoms with E-state index >= 15 is 0 Å². The van der Waals surface area contributed by atoms with Gasteiger partial charge in [-0.2, -0.15) is 0 Å². The van der Waals surface area contributed by atoms with Gasteiger partial charge in [-0.15, -0.1) is 0 Å². The van der Waals surface area contributed by atoms with Crippen LogP contribution in [0.2, 0.25) is 0 Å². The fourth-order valence-electron chi connectivity index (χ4n) is 1.31. The summed E-state index contributed by atoms with van der Waals surface area (Å²) in [7, 11) is -4.45. The summed E-state index contributed by atoms with van der Waals surface area (Å²) in [5, 5.41) is 0. The van der Waals surface area contributed by atoms with E-state index in [0.717, 1.165) is 0 Å². The molecule has 0 spiro atoms. The van der Waals surface area contributed by atoms with Crippen molar-refractivity contribution in [1.82, 2.24) is 4.98 Å². The minimum atomic E-state index is -4.45. The maximum atomic E-state index is 10.8. The van der Waals surface area contributed by atoms with Crippen LogP contribution < -0.4 is 29.6 Å². The molecule has 5 nitrogen and oxygen atoms in total. The van der Waals surface area contributed by atoms with E-state index in [9.17, 15) is 13.0 Å². The normalized spacial score (nSPS) is 11.2. The number of pyridine rings is 1. The largest absolute Gasteiger partial charge is 1.00 e. The molecule has 0 atom stereocenters. The van der Waals surface area contributed by atoms with Crippen molar-refractivity contribution >= 4 is 22.0 Å². The number of nitrogens with zero attached hydrogens (tertiary/aromatic N) is 2. The Morgan fingerprint density at radius 3 is 2.58 bits per heavy atom. The van der Waals surface area contributed by atoms with Gasteiger partial charge in [-0.1, -0.05) is 12.1 Å². The Morgan fingerprint density at radius 2 is 1.95 bits per heavy atom. The van der Waals surface area contributed by atoms with E-state index in [1.54, 1.807) is 24.4 Å². The third-order valence-electron chi connectivity index (χ3n) is 2.14. The number of aliphatic imine (C=N–C) groups is 1. The second-order valence-electron chi connectivity index (χ2n) is 3.46. The van der Waals surface area contributed by atoms with Gasteiger partial charge in [-0.25, -0.2) is 8.42 Å². The molecule has 0 fully saturated rings. The first kappa shape index (κ1) is 16.0. The van der Waals surface area contributed by atoms with E-state index < -0.39 is 10.1 Å². The maximum absolute atomic E-state index is 10.8. The van der Waals surface area contributed by atoms with E-state index in [1.165, 1.54) is 24.4 Å². The predicted molar refractivity (Wildman–Crippen MR) is 65.9 cm³/mol. The minimum absolute atomic E-state index is 0. The molecule has 0 bridgehead atoms. The van der Waals surface area contributed by atoms with Crippen molar-refractivity contribution in [1.29, 1.82) is 0 Å². The van der Waals surface area contributed by atoms with Crippen LogP contribution in [0.15, 0.2) is 58.5 Å². The van der Waals surface area contributed by atoms with Crippen molar-refractivity contribution in [3.8, 4) is 0 Å². The van der Waals surface area contributed by atoms with Crippen molar-refractivity contribution in [3.05, 3.63) is 54.4 Å². The van der Waals surface area contributed by atoms with E-state index in [0.29, 0.717) is 11.4 Å². The number of aromatic nitrogens is 1. The van der Waals surface area contributed by atoms with Crippen molar-refractivity contribution in [2.75, 3.05) is 0 Å². The zero-order valence-corrected chi connectivity index (χ0v) is 13.0. The number of hydrogen-bond donors (Lipinski definition) is 0. The average molecular weight is 284 g/mol. The van der Waals surface area contributed by atoms with Crippen molar-refractivity contribution in [2.45, 2.75) is 4.90 Å². The van der Waals surface area contributed by atoms with E-state index in [2.05, 4.69) is 9.98 Å². The molecule has 92 valence electrons. The van der Waals surface area contributed by atoms with E-state index in [1.807, 2.05) is 6.07 Å². The molecule has 7 heteroatoms. The number of hydrogen-bond acceptors (Lipinski definition) is 5. The second-order valence-corrected chi connectivity index (χ2v) is 4.84. The molecule has 1 heterocycles.